The minimum absolute atomic E-state index is 0.633. The molecule has 142 valence electrons. The summed E-state index contributed by atoms with van der Waals surface area (Å²) < 4.78 is 11.1. The van der Waals surface area contributed by atoms with Crippen molar-refractivity contribution in [1.82, 2.24) is 0 Å². The molecule has 0 heterocycles. The number of ether oxygens (including phenoxy) is 2. The summed E-state index contributed by atoms with van der Waals surface area (Å²) in [4.78, 5) is 0. The molecule has 0 spiro atoms. The van der Waals surface area contributed by atoms with Gasteiger partial charge in [0, 0.05) is 12.7 Å². The molecule has 1 aromatic carbocycles. The molecule has 0 bridgehead atoms. The van der Waals surface area contributed by atoms with Gasteiger partial charge in [-0.05, 0) is 43.2 Å². The third-order valence-electron chi connectivity index (χ3n) is 4.60. The largest absolute Gasteiger partial charge is 0.491 e. The van der Waals surface area contributed by atoms with E-state index in [-0.39, 0.29) is 0 Å². The Kier molecular flexibility index (Phi) is 12.1. The fraction of sp³-hybridized carbons (Fsp3) is 0.652. The Bertz CT molecular complexity index is 467. The molecular weight excluding hydrogens is 308 g/mol. The van der Waals surface area contributed by atoms with Crippen LogP contribution >= 0.6 is 0 Å². The van der Waals surface area contributed by atoms with Gasteiger partial charge in [0.2, 0.25) is 0 Å². The minimum atomic E-state index is 0.633. The fourth-order valence-electron chi connectivity index (χ4n) is 2.95. The van der Waals surface area contributed by atoms with E-state index in [1.165, 1.54) is 74.5 Å². The SMILES string of the molecule is CC.CCCCCCCc1ccc(C(OCCOC)=C2CCC2)cc1. The van der Waals surface area contributed by atoms with Crippen molar-refractivity contribution in [2.75, 3.05) is 20.3 Å². The molecule has 2 heteroatoms. The lowest BCUT2D eigenvalue weighted by atomic mass is 9.89. The molecule has 0 unspecified atom stereocenters. The Labute approximate surface area is 155 Å². The number of unbranched alkanes of at least 4 members (excludes halogenated alkanes) is 4. The summed E-state index contributed by atoms with van der Waals surface area (Å²) in [5, 5.41) is 0. The molecule has 1 aromatic rings. The molecule has 1 fully saturated rings. The molecule has 0 aliphatic heterocycles. The first-order chi connectivity index (χ1) is 12.3. The van der Waals surface area contributed by atoms with Gasteiger partial charge >= 0.3 is 0 Å². The van der Waals surface area contributed by atoms with Crippen LogP contribution in [0.1, 0.15) is 83.3 Å². The molecule has 1 saturated carbocycles. The normalized spacial score (nSPS) is 12.9. The van der Waals surface area contributed by atoms with Crippen LogP contribution in [-0.4, -0.2) is 20.3 Å². The van der Waals surface area contributed by atoms with E-state index in [0.717, 1.165) is 5.76 Å². The Balaban J connectivity index is 0.00000151. The lowest BCUT2D eigenvalue weighted by Crippen LogP contribution is -2.08. The zero-order chi connectivity index (χ0) is 18.3. The monoisotopic (exact) mass is 346 g/mol. The predicted octanol–water partition coefficient (Wildman–Crippen LogP) is 6.78. The second kappa shape index (κ2) is 13.9. The van der Waals surface area contributed by atoms with Crippen LogP contribution in [0.2, 0.25) is 0 Å². The third kappa shape index (κ3) is 8.09. The highest BCUT2D eigenvalue weighted by Crippen LogP contribution is 2.34. The molecule has 2 rings (SSSR count). The van der Waals surface area contributed by atoms with Crippen LogP contribution in [0.25, 0.3) is 5.76 Å². The topological polar surface area (TPSA) is 18.5 Å². The van der Waals surface area contributed by atoms with Crippen molar-refractivity contribution in [3.63, 3.8) is 0 Å². The fourth-order valence-corrected chi connectivity index (χ4v) is 2.95. The molecule has 0 amide bonds. The van der Waals surface area contributed by atoms with Crippen molar-refractivity contribution in [3.8, 4) is 0 Å². The van der Waals surface area contributed by atoms with Crippen LogP contribution in [0.3, 0.4) is 0 Å². The van der Waals surface area contributed by atoms with E-state index in [1.807, 2.05) is 13.8 Å². The summed E-state index contributed by atoms with van der Waals surface area (Å²) in [5.74, 6) is 1.10. The molecule has 2 nitrogen and oxygen atoms in total. The smallest absolute Gasteiger partial charge is 0.125 e. The van der Waals surface area contributed by atoms with E-state index >= 15 is 0 Å². The van der Waals surface area contributed by atoms with E-state index in [2.05, 4.69) is 31.2 Å². The number of allylic oxidation sites excluding steroid dienone is 1. The van der Waals surface area contributed by atoms with E-state index < -0.39 is 0 Å². The minimum Gasteiger partial charge on any atom is -0.491 e. The van der Waals surface area contributed by atoms with Crippen LogP contribution in [0.5, 0.6) is 0 Å². The highest BCUT2D eigenvalue weighted by Gasteiger charge is 2.17. The van der Waals surface area contributed by atoms with Crippen molar-refractivity contribution in [1.29, 1.82) is 0 Å². The van der Waals surface area contributed by atoms with Gasteiger partial charge in [-0.25, -0.2) is 0 Å². The molecule has 1 aliphatic carbocycles. The van der Waals surface area contributed by atoms with Gasteiger partial charge < -0.3 is 9.47 Å². The van der Waals surface area contributed by atoms with Crippen molar-refractivity contribution in [3.05, 3.63) is 41.0 Å². The van der Waals surface area contributed by atoms with Gasteiger partial charge in [0.05, 0.1) is 6.61 Å². The first-order valence-electron chi connectivity index (χ1n) is 10.3. The maximum absolute atomic E-state index is 5.99. The van der Waals surface area contributed by atoms with Crippen LogP contribution < -0.4 is 0 Å². The van der Waals surface area contributed by atoms with E-state index in [9.17, 15) is 0 Å². The van der Waals surface area contributed by atoms with Gasteiger partial charge in [-0.1, -0.05) is 70.7 Å². The summed E-state index contributed by atoms with van der Waals surface area (Å²) in [5.41, 5.74) is 4.14. The molecular formula is C23H38O2. The van der Waals surface area contributed by atoms with Gasteiger partial charge in [-0.15, -0.1) is 0 Å². The van der Waals surface area contributed by atoms with Crippen molar-refractivity contribution >= 4 is 5.76 Å². The summed E-state index contributed by atoms with van der Waals surface area (Å²) in [6, 6.07) is 9.01. The van der Waals surface area contributed by atoms with Gasteiger partial charge in [0.1, 0.15) is 12.4 Å². The lowest BCUT2D eigenvalue weighted by molar-refractivity contribution is 0.132. The Morgan fingerprint density at radius 1 is 0.920 bits per heavy atom. The van der Waals surface area contributed by atoms with Crippen molar-refractivity contribution in [2.45, 2.75) is 78.6 Å². The Hall–Kier alpha value is -1.28. The molecule has 0 saturated heterocycles. The zero-order valence-electron chi connectivity index (χ0n) is 16.9. The third-order valence-corrected chi connectivity index (χ3v) is 4.60. The summed E-state index contributed by atoms with van der Waals surface area (Å²) in [6.45, 7) is 7.54. The predicted molar refractivity (Wildman–Crippen MR) is 109 cm³/mol. The quantitative estimate of drug-likeness (QED) is 0.324. The van der Waals surface area contributed by atoms with E-state index in [0.29, 0.717) is 13.2 Å². The second-order valence-corrected chi connectivity index (χ2v) is 6.49. The van der Waals surface area contributed by atoms with Crippen molar-refractivity contribution < 1.29 is 9.47 Å². The molecule has 0 aromatic heterocycles. The van der Waals surface area contributed by atoms with E-state index in [4.69, 9.17) is 9.47 Å². The summed E-state index contributed by atoms with van der Waals surface area (Å²) in [6.07, 6.45) is 11.6. The van der Waals surface area contributed by atoms with Crippen LogP contribution in [-0.2, 0) is 15.9 Å². The van der Waals surface area contributed by atoms with Gasteiger partial charge in [0.15, 0.2) is 0 Å². The van der Waals surface area contributed by atoms with Crippen LogP contribution in [0.15, 0.2) is 29.8 Å². The average molecular weight is 347 g/mol. The van der Waals surface area contributed by atoms with Crippen LogP contribution in [0, 0.1) is 0 Å². The maximum atomic E-state index is 5.99. The number of hydrogen-bond acceptors (Lipinski definition) is 2. The molecule has 1 aliphatic rings. The van der Waals surface area contributed by atoms with E-state index in [1.54, 1.807) is 7.11 Å². The summed E-state index contributed by atoms with van der Waals surface area (Å²) >= 11 is 0. The lowest BCUT2D eigenvalue weighted by Gasteiger charge is -2.22. The maximum Gasteiger partial charge on any atom is 0.125 e. The van der Waals surface area contributed by atoms with Gasteiger partial charge in [-0.3, -0.25) is 0 Å². The number of benzene rings is 1. The highest BCUT2D eigenvalue weighted by atomic mass is 16.5. The Morgan fingerprint density at radius 2 is 1.60 bits per heavy atom. The molecule has 0 atom stereocenters. The Morgan fingerprint density at radius 3 is 2.16 bits per heavy atom. The van der Waals surface area contributed by atoms with Gasteiger partial charge in [-0.2, -0.15) is 0 Å². The summed E-state index contributed by atoms with van der Waals surface area (Å²) in [7, 11) is 1.72. The number of aryl methyl sites for hydroxylation is 1. The number of rotatable bonds is 11. The molecule has 0 N–H and O–H groups in total. The second-order valence-electron chi connectivity index (χ2n) is 6.49. The first-order valence-corrected chi connectivity index (χ1v) is 10.3. The average Bonchev–Trinajstić information content (AvgIpc) is 2.62. The first kappa shape index (κ1) is 21.8. The van der Waals surface area contributed by atoms with Crippen molar-refractivity contribution in [2.24, 2.45) is 0 Å². The number of methoxy groups -OCH3 is 1. The highest BCUT2D eigenvalue weighted by molar-refractivity contribution is 5.64. The standard InChI is InChI=1S/C21H32O2.C2H6/c1-3-4-5-6-7-9-18-12-14-20(15-13-18)21(19-10-8-11-19)23-17-16-22-2;1-2/h12-15H,3-11,16-17H2,1-2H3;1-2H3. The number of hydrogen-bond donors (Lipinski definition) is 0. The molecule has 25 heavy (non-hydrogen) atoms. The van der Waals surface area contributed by atoms with Gasteiger partial charge in [0.25, 0.3) is 0 Å². The zero-order valence-corrected chi connectivity index (χ0v) is 16.9. The van der Waals surface area contributed by atoms with Crippen LogP contribution in [0.4, 0.5) is 0 Å². The molecule has 0 radical (unpaired) electrons.